The number of anilines is 2. The minimum atomic E-state index is -0.199. The number of rotatable bonds is 11. The lowest BCUT2D eigenvalue weighted by molar-refractivity contribution is -0.143. The van der Waals surface area contributed by atoms with Gasteiger partial charge in [0.25, 0.3) is 0 Å². The predicted molar refractivity (Wildman–Crippen MR) is 152 cm³/mol. The maximum absolute atomic E-state index is 12.8. The molecular weight excluding hydrogens is 528 g/mol. The molecule has 10 heteroatoms. The first-order chi connectivity index (χ1) is 19.5. The van der Waals surface area contributed by atoms with Crippen LogP contribution in [0.25, 0.3) is 5.52 Å². The lowest BCUT2D eigenvalue weighted by Crippen LogP contribution is -2.16. The lowest BCUT2D eigenvalue weighted by Gasteiger charge is -2.08. The van der Waals surface area contributed by atoms with Gasteiger partial charge in [-0.2, -0.15) is 5.10 Å². The molecule has 3 heterocycles. The van der Waals surface area contributed by atoms with Crippen LogP contribution in [0.4, 0.5) is 11.6 Å². The number of carbonyl (C=O) groups is 2. The monoisotopic (exact) mass is 558 g/mol. The van der Waals surface area contributed by atoms with Gasteiger partial charge in [-0.15, -0.1) is 0 Å². The highest BCUT2D eigenvalue weighted by Gasteiger charge is 2.44. The van der Waals surface area contributed by atoms with Gasteiger partial charge in [0.1, 0.15) is 18.0 Å². The van der Waals surface area contributed by atoms with E-state index in [0.717, 1.165) is 28.9 Å². The maximum Gasteiger partial charge on any atom is 0.306 e. The van der Waals surface area contributed by atoms with E-state index >= 15 is 0 Å². The number of halogens is 1. The van der Waals surface area contributed by atoms with Crippen molar-refractivity contribution >= 4 is 40.6 Å². The number of esters is 1. The fourth-order valence-electron chi connectivity index (χ4n) is 5.14. The first kappa shape index (κ1) is 26.3. The molecule has 0 unspecified atom stereocenters. The van der Waals surface area contributed by atoms with Gasteiger partial charge in [-0.3, -0.25) is 9.59 Å². The Labute approximate surface area is 237 Å². The second-order valence-corrected chi connectivity index (χ2v) is 10.9. The van der Waals surface area contributed by atoms with E-state index in [4.69, 9.17) is 21.4 Å². The average Bonchev–Trinajstić information content (AvgIpc) is 3.87. The summed E-state index contributed by atoms with van der Waals surface area (Å²) in [5.41, 5.74) is 5.24. The molecule has 0 aliphatic heterocycles. The molecular formula is C30H31ClN6O3. The van der Waals surface area contributed by atoms with Gasteiger partial charge in [0.05, 0.1) is 30.8 Å². The standard InChI is InChI=1S/C30H31ClN6O3/c1-2-40-29(38)9-8-23-11-20(18-6-7-18)12-24-13-22(36-37(23)24)16-32-27-15-28(34-17-33-27)35-30(39)26-14-25(26)19-4-3-5-21(31)10-19/h3-5,10-13,15,17-18,25-26H,2,6-9,14,16H2,1H3,(H2,32,33,34,35,39)/t25-,26+/m1/s1. The molecule has 206 valence electrons. The third kappa shape index (κ3) is 6.09. The van der Waals surface area contributed by atoms with Crippen molar-refractivity contribution in [1.29, 1.82) is 0 Å². The molecule has 40 heavy (non-hydrogen) atoms. The molecule has 6 rings (SSSR count). The number of carbonyl (C=O) groups excluding carboxylic acids is 2. The Morgan fingerprint density at radius 1 is 1.07 bits per heavy atom. The van der Waals surface area contributed by atoms with Crippen molar-refractivity contribution in [1.82, 2.24) is 19.6 Å². The number of benzene rings is 1. The predicted octanol–water partition coefficient (Wildman–Crippen LogP) is 5.51. The van der Waals surface area contributed by atoms with Gasteiger partial charge in [-0.05, 0) is 79.5 Å². The van der Waals surface area contributed by atoms with Crippen molar-refractivity contribution in [2.75, 3.05) is 17.2 Å². The second kappa shape index (κ2) is 11.3. The van der Waals surface area contributed by atoms with Crippen molar-refractivity contribution in [2.45, 2.75) is 57.4 Å². The Morgan fingerprint density at radius 3 is 2.73 bits per heavy atom. The molecule has 2 saturated carbocycles. The zero-order valence-electron chi connectivity index (χ0n) is 22.3. The second-order valence-electron chi connectivity index (χ2n) is 10.5. The molecule has 3 aromatic heterocycles. The fraction of sp³-hybridized carbons (Fsp3) is 0.367. The molecule has 0 spiro atoms. The number of fused-ring (bicyclic) bond motifs is 1. The van der Waals surface area contributed by atoms with Crippen LogP contribution in [-0.2, 0) is 27.3 Å². The zero-order valence-corrected chi connectivity index (χ0v) is 23.0. The Balaban J connectivity index is 1.10. The summed E-state index contributed by atoms with van der Waals surface area (Å²) in [7, 11) is 0. The van der Waals surface area contributed by atoms with Crippen molar-refractivity contribution in [2.24, 2.45) is 5.92 Å². The van der Waals surface area contributed by atoms with E-state index in [9.17, 15) is 9.59 Å². The number of hydrogen-bond donors (Lipinski definition) is 2. The number of hydrogen-bond acceptors (Lipinski definition) is 7. The quantitative estimate of drug-likeness (QED) is 0.234. The first-order valence-corrected chi connectivity index (χ1v) is 14.1. The smallest absolute Gasteiger partial charge is 0.306 e. The van der Waals surface area contributed by atoms with Crippen LogP contribution in [0, 0.1) is 5.92 Å². The van der Waals surface area contributed by atoms with Gasteiger partial charge in [-0.25, -0.2) is 14.5 Å². The Hall–Kier alpha value is -3.98. The summed E-state index contributed by atoms with van der Waals surface area (Å²) in [6.45, 7) is 2.64. The largest absolute Gasteiger partial charge is 0.466 e. The van der Waals surface area contributed by atoms with Gasteiger partial charge < -0.3 is 15.4 Å². The topological polar surface area (TPSA) is 111 Å². The summed E-state index contributed by atoms with van der Waals surface area (Å²) >= 11 is 6.11. The van der Waals surface area contributed by atoms with Crippen molar-refractivity contribution in [3.05, 3.63) is 82.4 Å². The molecule has 1 amide bonds. The highest BCUT2D eigenvalue weighted by molar-refractivity contribution is 6.30. The number of aromatic nitrogens is 4. The number of amides is 1. The van der Waals surface area contributed by atoms with E-state index in [2.05, 4.69) is 38.8 Å². The fourth-order valence-corrected chi connectivity index (χ4v) is 5.34. The van der Waals surface area contributed by atoms with Crippen LogP contribution in [0.2, 0.25) is 5.02 Å². The minimum Gasteiger partial charge on any atom is -0.466 e. The van der Waals surface area contributed by atoms with Gasteiger partial charge in [-0.1, -0.05) is 23.7 Å². The van der Waals surface area contributed by atoms with Crippen LogP contribution < -0.4 is 10.6 Å². The summed E-state index contributed by atoms with van der Waals surface area (Å²) in [6.07, 6.45) is 5.51. The number of nitrogens with one attached hydrogen (secondary N) is 2. The molecule has 2 N–H and O–H groups in total. The van der Waals surface area contributed by atoms with E-state index in [-0.39, 0.29) is 23.7 Å². The van der Waals surface area contributed by atoms with Crippen molar-refractivity contribution in [3.63, 3.8) is 0 Å². The normalized spacial score (nSPS) is 17.9. The van der Waals surface area contributed by atoms with Crippen molar-refractivity contribution < 1.29 is 14.3 Å². The third-order valence-electron chi connectivity index (χ3n) is 7.42. The summed E-state index contributed by atoms with van der Waals surface area (Å²) < 4.78 is 7.03. The Bertz CT molecular complexity index is 1570. The van der Waals surface area contributed by atoms with Crippen LogP contribution in [0.3, 0.4) is 0 Å². The lowest BCUT2D eigenvalue weighted by atomic mass is 10.1. The maximum atomic E-state index is 12.8. The van der Waals surface area contributed by atoms with Gasteiger partial charge >= 0.3 is 5.97 Å². The highest BCUT2D eigenvalue weighted by atomic mass is 35.5. The van der Waals surface area contributed by atoms with Gasteiger partial charge in [0.2, 0.25) is 5.91 Å². The summed E-state index contributed by atoms with van der Waals surface area (Å²) in [5, 5.41) is 11.7. The summed E-state index contributed by atoms with van der Waals surface area (Å²) in [4.78, 5) is 33.3. The van der Waals surface area contributed by atoms with Gasteiger partial charge in [0.15, 0.2) is 0 Å². The molecule has 1 aromatic carbocycles. The number of ether oxygens (including phenoxy) is 1. The van der Waals surface area contributed by atoms with Crippen LogP contribution >= 0.6 is 11.6 Å². The van der Waals surface area contributed by atoms with Crippen LogP contribution in [0.15, 0.2) is 54.9 Å². The van der Waals surface area contributed by atoms with Crippen molar-refractivity contribution in [3.8, 4) is 0 Å². The SMILES string of the molecule is CCOC(=O)CCc1cc(C2CC2)cc2cc(CNc3cc(NC(=O)[C@H]4C[C@@H]4c4cccc(Cl)c4)ncn3)nn12. The molecule has 0 radical (unpaired) electrons. The minimum absolute atomic E-state index is 0.0585. The molecule has 9 nitrogen and oxygen atoms in total. The molecule has 2 fully saturated rings. The number of pyridine rings is 1. The Morgan fingerprint density at radius 2 is 1.93 bits per heavy atom. The number of aryl methyl sites for hydroxylation is 1. The molecule has 2 aliphatic rings. The van der Waals surface area contributed by atoms with Crippen LogP contribution in [0.1, 0.15) is 67.0 Å². The molecule has 0 bridgehead atoms. The van der Waals surface area contributed by atoms with Crippen LogP contribution in [-0.4, -0.2) is 38.1 Å². The molecule has 4 aromatic rings. The summed E-state index contributed by atoms with van der Waals surface area (Å²) in [5.74, 6) is 1.45. The molecule has 0 saturated heterocycles. The van der Waals surface area contributed by atoms with Gasteiger partial charge in [0, 0.05) is 29.1 Å². The van der Waals surface area contributed by atoms with E-state index < -0.39 is 0 Å². The van der Waals surface area contributed by atoms with Crippen LogP contribution in [0.5, 0.6) is 0 Å². The van der Waals surface area contributed by atoms with E-state index in [1.54, 1.807) is 6.07 Å². The summed E-state index contributed by atoms with van der Waals surface area (Å²) in [6, 6.07) is 15.8. The third-order valence-corrected chi connectivity index (χ3v) is 7.65. The van der Waals surface area contributed by atoms with E-state index in [1.807, 2.05) is 35.7 Å². The number of nitrogens with zero attached hydrogens (tertiary/aromatic N) is 4. The van der Waals surface area contributed by atoms with E-state index in [1.165, 1.54) is 24.7 Å². The first-order valence-electron chi connectivity index (χ1n) is 13.8. The molecule has 2 aliphatic carbocycles. The van der Waals surface area contributed by atoms with E-state index in [0.29, 0.717) is 48.6 Å². The average molecular weight is 559 g/mol. The highest BCUT2D eigenvalue weighted by Crippen LogP contribution is 2.48. The Kier molecular flexibility index (Phi) is 7.38. The molecule has 2 atom stereocenters. The zero-order chi connectivity index (χ0) is 27.6.